The van der Waals surface area contributed by atoms with Crippen molar-refractivity contribution in [3.63, 3.8) is 0 Å². The smallest absolute Gasteiger partial charge is 0.308 e. The SMILES string of the molecule is CC(=O)Oc1cccc2c1-c1ccccc1C2CC(O[Si](C)C)C(C)(C)C. The van der Waals surface area contributed by atoms with Gasteiger partial charge < -0.3 is 9.16 Å². The van der Waals surface area contributed by atoms with Gasteiger partial charge >= 0.3 is 5.97 Å². The molecule has 2 aromatic carbocycles. The Kier molecular flexibility index (Phi) is 5.59. The molecule has 27 heavy (non-hydrogen) atoms. The minimum absolute atomic E-state index is 0.0626. The van der Waals surface area contributed by atoms with Crippen LogP contribution >= 0.6 is 0 Å². The van der Waals surface area contributed by atoms with Gasteiger partial charge in [-0.2, -0.15) is 0 Å². The van der Waals surface area contributed by atoms with Gasteiger partial charge in [0.15, 0.2) is 0 Å². The summed E-state index contributed by atoms with van der Waals surface area (Å²) in [7, 11) is -0.803. The van der Waals surface area contributed by atoms with Crippen molar-refractivity contribution in [2.24, 2.45) is 5.41 Å². The zero-order valence-corrected chi connectivity index (χ0v) is 18.1. The van der Waals surface area contributed by atoms with Crippen molar-refractivity contribution in [3.05, 3.63) is 53.6 Å². The highest BCUT2D eigenvalue weighted by Gasteiger charge is 2.36. The molecule has 4 heteroatoms. The highest BCUT2D eigenvalue weighted by molar-refractivity contribution is 6.48. The molecule has 2 atom stereocenters. The molecule has 1 radical (unpaired) electrons. The normalized spacial score (nSPS) is 16.8. The Bertz CT molecular complexity index is 836. The fourth-order valence-corrected chi connectivity index (χ4v) is 4.91. The molecule has 0 saturated heterocycles. The summed E-state index contributed by atoms with van der Waals surface area (Å²) in [4.78, 5) is 11.6. The van der Waals surface area contributed by atoms with Crippen molar-refractivity contribution < 1.29 is 14.0 Å². The third-order valence-corrected chi connectivity index (χ3v) is 5.84. The molecular formula is C23H29O3Si. The lowest BCUT2D eigenvalue weighted by molar-refractivity contribution is -0.131. The van der Waals surface area contributed by atoms with Crippen LogP contribution in [0.1, 0.15) is 51.2 Å². The molecule has 3 nitrogen and oxygen atoms in total. The lowest BCUT2D eigenvalue weighted by atomic mass is 9.81. The average Bonchev–Trinajstić information content (AvgIpc) is 2.88. The lowest BCUT2D eigenvalue weighted by Crippen LogP contribution is -2.34. The van der Waals surface area contributed by atoms with E-state index in [2.05, 4.69) is 58.1 Å². The monoisotopic (exact) mass is 381 g/mol. The first-order valence-corrected chi connectivity index (χ1v) is 12.0. The van der Waals surface area contributed by atoms with E-state index < -0.39 is 9.04 Å². The zero-order chi connectivity index (χ0) is 19.8. The molecule has 0 aromatic heterocycles. The van der Waals surface area contributed by atoms with Crippen molar-refractivity contribution in [2.45, 2.75) is 59.2 Å². The number of carbonyl (C=O) groups is 1. The van der Waals surface area contributed by atoms with Gasteiger partial charge in [0.25, 0.3) is 0 Å². The Labute approximate surface area is 164 Å². The fourth-order valence-electron chi connectivity index (χ4n) is 3.89. The van der Waals surface area contributed by atoms with Crippen LogP contribution < -0.4 is 4.74 Å². The molecule has 0 fully saturated rings. The van der Waals surface area contributed by atoms with Gasteiger partial charge in [-0.3, -0.25) is 4.79 Å². The molecule has 0 saturated carbocycles. The molecule has 143 valence electrons. The maximum absolute atomic E-state index is 11.6. The summed E-state index contributed by atoms with van der Waals surface area (Å²) in [6, 6.07) is 14.5. The molecule has 0 heterocycles. The van der Waals surface area contributed by atoms with Crippen LogP contribution in [0.3, 0.4) is 0 Å². The summed E-state index contributed by atoms with van der Waals surface area (Å²) < 4.78 is 12.0. The molecule has 0 N–H and O–H groups in total. The standard InChI is InChI=1S/C23H29O3Si/c1-15(24)25-20-13-9-12-18-19(14-21(23(2,3)4)26-27(5)6)16-10-7-8-11-17(16)22(18)20/h7-13,19,21H,14H2,1-6H3. The van der Waals surface area contributed by atoms with Gasteiger partial charge in [-0.05, 0) is 47.7 Å². The highest BCUT2D eigenvalue weighted by atomic mass is 28.3. The first kappa shape index (κ1) is 19.8. The maximum Gasteiger partial charge on any atom is 0.308 e. The summed E-state index contributed by atoms with van der Waals surface area (Å²) in [5, 5.41) is 0. The van der Waals surface area contributed by atoms with Gasteiger partial charge in [0.1, 0.15) is 5.75 Å². The molecule has 0 aliphatic heterocycles. The molecule has 0 bridgehead atoms. The van der Waals surface area contributed by atoms with E-state index in [1.54, 1.807) is 0 Å². The van der Waals surface area contributed by atoms with Crippen molar-refractivity contribution in [2.75, 3.05) is 0 Å². The quantitative estimate of drug-likeness (QED) is 0.373. The molecule has 3 rings (SSSR count). The topological polar surface area (TPSA) is 35.5 Å². The van der Waals surface area contributed by atoms with Crippen LogP contribution in [-0.4, -0.2) is 21.1 Å². The Morgan fingerprint density at radius 3 is 2.37 bits per heavy atom. The van der Waals surface area contributed by atoms with E-state index in [9.17, 15) is 4.79 Å². The van der Waals surface area contributed by atoms with Crippen molar-refractivity contribution >= 4 is 15.0 Å². The first-order valence-electron chi connectivity index (χ1n) is 9.56. The number of hydrogen-bond donors (Lipinski definition) is 0. The predicted octanol–water partition coefficient (Wildman–Crippen LogP) is 5.80. The van der Waals surface area contributed by atoms with Crippen LogP contribution in [0.5, 0.6) is 5.75 Å². The summed E-state index contributed by atoms with van der Waals surface area (Å²) in [5.74, 6) is 0.612. The van der Waals surface area contributed by atoms with E-state index >= 15 is 0 Å². The Morgan fingerprint density at radius 2 is 1.74 bits per heavy atom. The molecule has 1 aliphatic carbocycles. The third kappa shape index (κ3) is 4.17. The number of fused-ring (bicyclic) bond motifs is 3. The number of benzene rings is 2. The average molecular weight is 382 g/mol. The van der Waals surface area contributed by atoms with E-state index in [-0.39, 0.29) is 23.4 Å². The van der Waals surface area contributed by atoms with Crippen LogP contribution in [-0.2, 0) is 9.22 Å². The largest absolute Gasteiger partial charge is 0.426 e. The Hall–Kier alpha value is -1.91. The summed E-state index contributed by atoms with van der Waals surface area (Å²) in [5.41, 5.74) is 4.81. The van der Waals surface area contributed by atoms with Crippen molar-refractivity contribution in [1.29, 1.82) is 0 Å². The Balaban J connectivity index is 2.07. The third-order valence-electron chi connectivity index (χ3n) is 5.09. The second-order valence-corrected chi connectivity index (χ2v) is 10.6. The van der Waals surface area contributed by atoms with Gasteiger partial charge in [0.2, 0.25) is 9.04 Å². The van der Waals surface area contributed by atoms with Gasteiger partial charge in [-0.15, -0.1) is 0 Å². The predicted molar refractivity (Wildman–Crippen MR) is 111 cm³/mol. The summed E-state index contributed by atoms with van der Waals surface area (Å²) in [6.45, 7) is 12.6. The van der Waals surface area contributed by atoms with Crippen LogP contribution in [0.4, 0.5) is 0 Å². The zero-order valence-electron chi connectivity index (χ0n) is 17.1. The molecule has 0 spiro atoms. The van der Waals surface area contributed by atoms with Crippen LogP contribution in [0.2, 0.25) is 13.1 Å². The maximum atomic E-state index is 11.6. The van der Waals surface area contributed by atoms with Crippen molar-refractivity contribution in [1.82, 2.24) is 0 Å². The molecular weight excluding hydrogens is 352 g/mol. The molecule has 1 aliphatic rings. The van der Waals surface area contributed by atoms with Gasteiger partial charge in [0.05, 0.1) is 6.10 Å². The van der Waals surface area contributed by atoms with E-state index in [4.69, 9.17) is 9.16 Å². The van der Waals surface area contributed by atoms with E-state index in [1.807, 2.05) is 18.2 Å². The van der Waals surface area contributed by atoms with Crippen LogP contribution in [0.25, 0.3) is 11.1 Å². The molecule has 2 unspecified atom stereocenters. The molecule has 2 aromatic rings. The minimum atomic E-state index is -0.803. The number of carbonyl (C=O) groups excluding carboxylic acids is 1. The van der Waals surface area contributed by atoms with E-state index in [1.165, 1.54) is 23.6 Å². The lowest BCUT2D eigenvalue weighted by Gasteiger charge is -2.34. The van der Waals surface area contributed by atoms with E-state index in [0.717, 1.165) is 12.0 Å². The second-order valence-electron chi connectivity index (χ2n) is 8.57. The van der Waals surface area contributed by atoms with Crippen molar-refractivity contribution in [3.8, 4) is 16.9 Å². The first-order chi connectivity index (χ1) is 12.7. The van der Waals surface area contributed by atoms with Crippen LogP contribution in [0, 0.1) is 5.41 Å². The van der Waals surface area contributed by atoms with Crippen LogP contribution in [0.15, 0.2) is 42.5 Å². The number of ether oxygens (including phenoxy) is 1. The second kappa shape index (κ2) is 7.61. The number of rotatable bonds is 5. The van der Waals surface area contributed by atoms with Gasteiger partial charge in [-0.1, -0.05) is 57.2 Å². The van der Waals surface area contributed by atoms with Gasteiger partial charge in [-0.25, -0.2) is 0 Å². The number of esters is 1. The minimum Gasteiger partial charge on any atom is -0.426 e. The van der Waals surface area contributed by atoms with Gasteiger partial charge in [0, 0.05) is 18.4 Å². The van der Waals surface area contributed by atoms with E-state index in [0.29, 0.717) is 5.75 Å². The Morgan fingerprint density at radius 1 is 1.07 bits per heavy atom. The highest BCUT2D eigenvalue weighted by Crippen LogP contribution is 2.51. The summed E-state index contributed by atoms with van der Waals surface area (Å²) in [6.07, 6.45) is 1.09. The molecule has 0 amide bonds. The fraction of sp³-hybridized carbons (Fsp3) is 0.435. The summed E-state index contributed by atoms with van der Waals surface area (Å²) >= 11 is 0. The number of hydrogen-bond acceptors (Lipinski definition) is 3.